The molecule has 2 heterocycles. The van der Waals surface area contributed by atoms with Gasteiger partial charge < -0.3 is 5.11 Å². The minimum absolute atomic E-state index is 0.563. The Balaban J connectivity index is 2.17. The van der Waals surface area contributed by atoms with Crippen LogP contribution in [0.5, 0.6) is 0 Å². The first-order valence-electron chi connectivity index (χ1n) is 5.15. The van der Waals surface area contributed by atoms with Gasteiger partial charge in [-0.3, -0.25) is 4.98 Å². The van der Waals surface area contributed by atoms with Gasteiger partial charge in [-0.25, -0.2) is 0 Å². The van der Waals surface area contributed by atoms with Crippen LogP contribution in [0.2, 0.25) is 0 Å². The summed E-state index contributed by atoms with van der Waals surface area (Å²) in [6, 6.07) is 9.58. The Hall–Kier alpha value is -1.85. The van der Waals surface area contributed by atoms with E-state index in [0.29, 0.717) is 5.69 Å². The molecule has 3 aromatic rings. The molecule has 2 aromatic heterocycles. The highest BCUT2D eigenvalue weighted by atomic mass is 32.1. The molecule has 84 valence electrons. The maximum Gasteiger partial charge on any atom is 0.126 e. The van der Waals surface area contributed by atoms with Crippen molar-refractivity contribution in [3.63, 3.8) is 0 Å². The minimum Gasteiger partial charge on any atom is -0.382 e. The van der Waals surface area contributed by atoms with Crippen LogP contribution in [0.15, 0.2) is 41.9 Å². The second-order valence-electron chi connectivity index (χ2n) is 3.65. The van der Waals surface area contributed by atoms with E-state index in [9.17, 15) is 5.11 Å². The first-order valence-corrected chi connectivity index (χ1v) is 5.98. The highest BCUT2D eigenvalue weighted by Gasteiger charge is 2.16. The Kier molecular flexibility index (Phi) is 2.55. The van der Waals surface area contributed by atoms with Crippen molar-refractivity contribution in [3.05, 3.63) is 53.2 Å². The van der Waals surface area contributed by atoms with Gasteiger partial charge in [0.05, 0.1) is 5.52 Å². The van der Waals surface area contributed by atoms with Crippen LogP contribution in [0.4, 0.5) is 0 Å². The summed E-state index contributed by atoms with van der Waals surface area (Å²) in [5.41, 5.74) is 2.12. The third kappa shape index (κ3) is 1.79. The first kappa shape index (κ1) is 10.3. The Morgan fingerprint density at radius 1 is 1.18 bits per heavy atom. The van der Waals surface area contributed by atoms with Gasteiger partial charge in [-0.15, -0.1) is 5.10 Å². The zero-order chi connectivity index (χ0) is 11.7. The highest BCUT2D eigenvalue weighted by Crippen LogP contribution is 2.26. The number of pyridine rings is 1. The summed E-state index contributed by atoms with van der Waals surface area (Å²) in [7, 11) is 0. The summed E-state index contributed by atoms with van der Waals surface area (Å²) in [5.74, 6) is 0. The van der Waals surface area contributed by atoms with Gasteiger partial charge >= 0.3 is 0 Å². The summed E-state index contributed by atoms with van der Waals surface area (Å²) >= 11 is 1.23. The van der Waals surface area contributed by atoms with Gasteiger partial charge in [-0.1, -0.05) is 28.8 Å². The molecule has 0 radical (unpaired) electrons. The van der Waals surface area contributed by atoms with Crippen LogP contribution in [-0.2, 0) is 0 Å². The molecule has 4 nitrogen and oxygen atoms in total. The average Bonchev–Trinajstić information content (AvgIpc) is 2.91. The van der Waals surface area contributed by atoms with Crippen molar-refractivity contribution < 1.29 is 5.11 Å². The van der Waals surface area contributed by atoms with E-state index in [2.05, 4.69) is 14.6 Å². The van der Waals surface area contributed by atoms with Crippen molar-refractivity contribution in [2.75, 3.05) is 0 Å². The molecule has 0 bridgehead atoms. The molecule has 0 aliphatic heterocycles. The van der Waals surface area contributed by atoms with Crippen LogP contribution in [0.1, 0.15) is 17.4 Å². The van der Waals surface area contributed by atoms with Crippen molar-refractivity contribution in [1.29, 1.82) is 0 Å². The van der Waals surface area contributed by atoms with Gasteiger partial charge in [-0.05, 0) is 17.6 Å². The fourth-order valence-corrected chi connectivity index (χ4v) is 2.27. The minimum atomic E-state index is -0.771. The summed E-state index contributed by atoms with van der Waals surface area (Å²) < 4.78 is 3.76. The summed E-state index contributed by atoms with van der Waals surface area (Å²) in [4.78, 5) is 4.31. The van der Waals surface area contributed by atoms with Crippen LogP contribution in [0.3, 0.4) is 0 Å². The normalized spacial score (nSPS) is 12.8. The highest BCUT2D eigenvalue weighted by molar-refractivity contribution is 7.03. The maximum atomic E-state index is 10.2. The van der Waals surface area contributed by atoms with E-state index < -0.39 is 6.10 Å². The number of fused-ring (bicyclic) bond motifs is 1. The lowest BCUT2D eigenvalue weighted by atomic mass is 10.0. The molecule has 0 aliphatic rings. The zero-order valence-electron chi connectivity index (χ0n) is 8.82. The molecule has 3 rings (SSSR count). The number of hydrogen-bond donors (Lipinski definition) is 1. The molecule has 1 atom stereocenters. The Labute approximate surface area is 102 Å². The van der Waals surface area contributed by atoms with Gasteiger partial charge in [0.1, 0.15) is 11.8 Å². The third-order valence-electron chi connectivity index (χ3n) is 2.62. The lowest BCUT2D eigenvalue weighted by Gasteiger charge is -2.10. The van der Waals surface area contributed by atoms with Gasteiger partial charge in [0, 0.05) is 22.5 Å². The SMILES string of the molecule is OC(c1csnn1)c1cccc2cccnc12. The monoisotopic (exact) mass is 243 g/mol. The fourth-order valence-electron chi connectivity index (χ4n) is 1.80. The standard InChI is InChI=1S/C12H9N3OS/c16-12(10-7-17-15-14-10)9-5-1-3-8-4-2-6-13-11(8)9/h1-7,12,16H. The van der Waals surface area contributed by atoms with E-state index in [1.54, 1.807) is 11.6 Å². The lowest BCUT2D eigenvalue weighted by molar-refractivity contribution is 0.216. The predicted molar refractivity (Wildman–Crippen MR) is 65.7 cm³/mol. The van der Waals surface area contributed by atoms with E-state index in [-0.39, 0.29) is 0 Å². The topological polar surface area (TPSA) is 58.9 Å². The maximum absolute atomic E-state index is 10.2. The Morgan fingerprint density at radius 2 is 2.06 bits per heavy atom. The van der Waals surface area contributed by atoms with Crippen molar-refractivity contribution in [2.24, 2.45) is 0 Å². The fraction of sp³-hybridized carbons (Fsp3) is 0.0833. The number of para-hydroxylation sites is 1. The molecular weight excluding hydrogens is 234 g/mol. The smallest absolute Gasteiger partial charge is 0.126 e. The first-order chi connectivity index (χ1) is 8.36. The molecule has 17 heavy (non-hydrogen) atoms. The van der Waals surface area contributed by atoms with E-state index in [4.69, 9.17) is 0 Å². The predicted octanol–water partition coefficient (Wildman–Crippen LogP) is 2.17. The van der Waals surface area contributed by atoms with E-state index in [0.717, 1.165) is 16.5 Å². The molecule has 0 saturated heterocycles. The van der Waals surface area contributed by atoms with Gasteiger partial charge in [-0.2, -0.15) is 0 Å². The van der Waals surface area contributed by atoms with Crippen molar-refractivity contribution in [1.82, 2.24) is 14.6 Å². The molecular formula is C12H9N3OS. The van der Waals surface area contributed by atoms with Crippen LogP contribution in [0.25, 0.3) is 10.9 Å². The van der Waals surface area contributed by atoms with Crippen LogP contribution in [-0.4, -0.2) is 19.7 Å². The number of aliphatic hydroxyl groups is 1. The van der Waals surface area contributed by atoms with Crippen molar-refractivity contribution >= 4 is 22.4 Å². The second-order valence-corrected chi connectivity index (χ2v) is 4.26. The van der Waals surface area contributed by atoms with Crippen LogP contribution >= 0.6 is 11.5 Å². The van der Waals surface area contributed by atoms with Crippen LogP contribution in [0, 0.1) is 0 Å². The number of rotatable bonds is 2. The van der Waals surface area contributed by atoms with Crippen LogP contribution < -0.4 is 0 Å². The summed E-state index contributed by atoms with van der Waals surface area (Å²) in [6.07, 6.45) is 0.949. The third-order valence-corrected chi connectivity index (χ3v) is 3.14. The number of aliphatic hydroxyl groups excluding tert-OH is 1. The molecule has 1 N–H and O–H groups in total. The number of benzene rings is 1. The molecule has 1 aromatic carbocycles. The van der Waals surface area contributed by atoms with E-state index in [1.807, 2.05) is 30.3 Å². The second kappa shape index (κ2) is 4.20. The van der Waals surface area contributed by atoms with Crippen molar-refractivity contribution in [2.45, 2.75) is 6.10 Å². The largest absolute Gasteiger partial charge is 0.382 e. The molecule has 0 fully saturated rings. The van der Waals surface area contributed by atoms with Gasteiger partial charge in [0.25, 0.3) is 0 Å². The lowest BCUT2D eigenvalue weighted by Crippen LogP contribution is -2.01. The molecule has 0 aliphatic carbocycles. The molecule has 0 amide bonds. The van der Waals surface area contributed by atoms with Gasteiger partial charge in [0.2, 0.25) is 0 Å². The Bertz CT molecular complexity index is 634. The van der Waals surface area contributed by atoms with Gasteiger partial charge in [0.15, 0.2) is 0 Å². The quantitative estimate of drug-likeness (QED) is 0.749. The molecule has 0 saturated carbocycles. The van der Waals surface area contributed by atoms with E-state index in [1.165, 1.54) is 11.5 Å². The number of nitrogens with zero attached hydrogens (tertiary/aromatic N) is 3. The number of hydrogen-bond acceptors (Lipinski definition) is 5. The molecule has 5 heteroatoms. The zero-order valence-corrected chi connectivity index (χ0v) is 9.63. The summed E-state index contributed by atoms with van der Waals surface area (Å²) in [6.45, 7) is 0. The van der Waals surface area contributed by atoms with E-state index >= 15 is 0 Å². The Morgan fingerprint density at radius 3 is 2.88 bits per heavy atom. The molecule has 0 spiro atoms. The summed E-state index contributed by atoms with van der Waals surface area (Å²) in [5, 5.41) is 16.9. The molecule has 1 unspecified atom stereocenters. The van der Waals surface area contributed by atoms with Crippen molar-refractivity contribution in [3.8, 4) is 0 Å². The number of aromatic nitrogens is 3. The average molecular weight is 243 g/mol.